The number of hydrogen-bond acceptors (Lipinski definition) is 3. The van der Waals surface area contributed by atoms with E-state index in [0.29, 0.717) is 12.8 Å². The maximum atomic E-state index is 11.0. The Hall–Kier alpha value is -2.13. The summed E-state index contributed by atoms with van der Waals surface area (Å²) in [6, 6.07) is 0. The molecule has 0 saturated heterocycles. The number of hydrogen-bond donors (Lipinski definition) is 1. The second-order valence-electron chi connectivity index (χ2n) is 9.27. The van der Waals surface area contributed by atoms with Gasteiger partial charge in [0, 0.05) is 6.42 Å². The summed E-state index contributed by atoms with van der Waals surface area (Å²) in [7, 11) is 1.46. The quantitative estimate of drug-likeness (QED) is 0.0623. The van der Waals surface area contributed by atoms with E-state index < -0.39 is 6.10 Å². The number of rotatable bonds is 24. The molecular formula is C33H54O3. The molecule has 0 aliphatic heterocycles. The smallest absolute Gasteiger partial charge is 0.305 e. The number of methoxy groups -OCH3 is 1. The largest absolute Gasteiger partial charge is 0.469 e. The summed E-state index contributed by atoms with van der Waals surface area (Å²) >= 11 is 0. The van der Waals surface area contributed by atoms with Gasteiger partial charge in [-0.2, -0.15) is 0 Å². The molecule has 36 heavy (non-hydrogen) atoms. The van der Waals surface area contributed by atoms with Gasteiger partial charge in [0.25, 0.3) is 0 Å². The van der Waals surface area contributed by atoms with Gasteiger partial charge in [0.1, 0.15) is 0 Å². The lowest BCUT2D eigenvalue weighted by Gasteiger charge is -2.02. The third-order valence-corrected chi connectivity index (χ3v) is 5.91. The molecule has 3 nitrogen and oxygen atoms in total. The Morgan fingerprint density at radius 1 is 0.667 bits per heavy atom. The highest BCUT2D eigenvalue weighted by Gasteiger charge is 1.99. The van der Waals surface area contributed by atoms with Crippen LogP contribution in [0.4, 0.5) is 0 Å². The Kier molecular flexibility index (Phi) is 27.4. The summed E-state index contributed by atoms with van der Waals surface area (Å²) in [6.07, 6.45) is 44.1. The highest BCUT2D eigenvalue weighted by Crippen LogP contribution is 2.12. The topological polar surface area (TPSA) is 46.5 Å². The monoisotopic (exact) mass is 498 g/mol. The highest BCUT2D eigenvalue weighted by atomic mass is 16.5. The van der Waals surface area contributed by atoms with Gasteiger partial charge in [0.2, 0.25) is 0 Å². The number of ether oxygens (including phenoxy) is 1. The van der Waals surface area contributed by atoms with Crippen LogP contribution in [-0.4, -0.2) is 24.3 Å². The van der Waals surface area contributed by atoms with Crippen LogP contribution >= 0.6 is 0 Å². The second-order valence-corrected chi connectivity index (χ2v) is 9.27. The third-order valence-electron chi connectivity index (χ3n) is 5.91. The number of unbranched alkanes of at least 4 members (excludes halogenated alkanes) is 10. The average molecular weight is 499 g/mol. The Balaban J connectivity index is 3.44. The minimum Gasteiger partial charge on any atom is -0.469 e. The fourth-order valence-electron chi connectivity index (χ4n) is 3.71. The van der Waals surface area contributed by atoms with E-state index in [9.17, 15) is 9.90 Å². The Labute approximate surface area is 222 Å². The van der Waals surface area contributed by atoms with E-state index in [1.165, 1.54) is 64.9 Å². The first-order valence-corrected chi connectivity index (χ1v) is 14.4. The molecule has 0 aromatic rings. The first-order valence-electron chi connectivity index (χ1n) is 14.4. The normalized spacial score (nSPS) is 13.5. The van der Waals surface area contributed by atoms with E-state index in [1.54, 1.807) is 0 Å². The number of esters is 1. The van der Waals surface area contributed by atoms with Crippen LogP contribution in [0.5, 0.6) is 0 Å². The zero-order chi connectivity index (χ0) is 26.4. The molecule has 0 aromatic heterocycles. The molecule has 0 heterocycles. The Morgan fingerprint density at radius 2 is 1.19 bits per heavy atom. The van der Waals surface area contributed by atoms with Gasteiger partial charge in [-0.1, -0.05) is 131 Å². The first-order chi connectivity index (χ1) is 17.7. The molecule has 1 atom stereocenters. The van der Waals surface area contributed by atoms with Crippen molar-refractivity contribution >= 4 is 5.97 Å². The average Bonchev–Trinajstić information content (AvgIpc) is 2.88. The molecule has 0 bridgehead atoms. The minimum atomic E-state index is -0.393. The SMILES string of the molecule is CC/C=C\CC(O)/C=C/C=C\C/C=C\C/C=C\C/C=C\CCCCCCCCCCCCC(=O)OC. The summed E-state index contributed by atoms with van der Waals surface area (Å²) in [4.78, 5) is 11.0. The van der Waals surface area contributed by atoms with Crippen molar-refractivity contribution < 1.29 is 14.6 Å². The highest BCUT2D eigenvalue weighted by molar-refractivity contribution is 5.68. The molecule has 0 fully saturated rings. The molecule has 1 N–H and O–H groups in total. The first kappa shape index (κ1) is 33.9. The van der Waals surface area contributed by atoms with Gasteiger partial charge in [-0.3, -0.25) is 4.79 Å². The van der Waals surface area contributed by atoms with E-state index in [-0.39, 0.29) is 5.97 Å². The van der Waals surface area contributed by atoms with Crippen molar-refractivity contribution in [2.75, 3.05) is 7.11 Å². The molecule has 0 saturated carbocycles. The van der Waals surface area contributed by atoms with Crippen molar-refractivity contribution in [3.63, 3.8) is 0 Å². The van der Waals surface area contributed by atoms with Crippen molar-refractivity contribution in [2.45, 2.75) is 122 Å². The van der Waals surface area contributed by atoms with Crippen LogP contribution in [0, 0.1) is 0 Å². The van der Waals surface area contributed by atoms with Crippen LogP contribution in [0.1, 0.15) is 116 Å². The third kappa shape index (κ3) is 28.1. The number of carbonyl (C=O) groups excluding carboxylic acids is 1. The van der Waals surface area contributed by atoms with E-state index in [2.05, 4.69) is 60.3 Å². The van der Waals surface area contributed by atoms with Crippen LogP contribution in [0.25, 0.3) is 0 Å². The van der Waals surface area contributed by atoms with Gasteiger partial charge in [-0.15, -0.1) is 0 Å². The fraction of sp³-hybridized carbons (Fsp3) is 0.606. The lowest BCUT2D eigenvalue weighted by molar-refractivity contribution is -0.140. The van der Waals surface area contributed by atoms with Gasteiger partial charge in [0.05, 0.1) is 13.2 Å². The maximum absolute atomic E-state index is 11.0. The second kappa shape index (κ2) is 29.1. The molecule has 0 rings (SSSR count). The lowest BCUT2D eigenvalue weighted by Crippen LogP contribution is -1.99. The molecule has 204 valence electrons. The zero-order valence-electron chi connectivity index (χ0n) is 23.3. The standard InChI is InChI=1S/C33H54O3/c1-3-4-26-29-32(34)30-27-24-22-20-18-16-14-12-10-8-6-5-7-9-11-13-15-17-19-21-23-25-28-31-33(35)36-2/h4-6,10,12,16,18,22,24,26-27,30,32,34H,3,7-9,11,13-15,17,19-21,23,25,28-29,31H2,1-2H3/b6-5-,12-10-,18-16-,24-22-,26-4-,30-27+. The maximum Gasteiger partial charge on any atom is 0.305 e. The van der Waals surface area contributed by atoms with E-state index in [0.717, 1.165) is 38.5 Å². The molecule has 0 amide bonds. The predicted molar refractivity (Wildman–Crippen MR) is 157 cm³/mol. The van der Waals surface area contributed by atoms with Crippen molar-refractivity contribution in [1.82, 2.24) is 0 Å². The van der Waals surface area contributed by atoms with Crippen LogP contribution in [0.15, 0.2) is 72.9 Å². The number of aliphatic hydroxyl groups excluding tert-OH is 1. The van der Waals surface area contributed by atoms with E-state index in [4.69, 9.17) is 0 Å². The van der Waals surface area contributed by atoms with Gasteiger partial charge in [-0.05, 0) is 51.4 Å². The summed E-state index contributed by atoms with van der Waals surface area (Å²) in [5.74, 6) is -0.0804. The molecule has 0 aromatic carbocycles. The van der Waals surface area contributed by atoms with Crippen molar-refractivity contribution in [2.24, 2.45) is 0 Å². The van der Waals surface area contributed by atoms with E-state index >= 15 is 0 Å². The van der Waals surface area contributed by atoms with Crippen LogP contribution in [-0.2, 0) is 9.53 Å². The van der Waals surface area contributed by atoms with Crippen molar-refractivity contribution in [3.8, 4) is 0 Å². The van der Waals surface area contributed by atoms with Gasteiger partial charge < -0.3 is 9.84 Å². The van der Waals surface area contributed by atoms with E-state index in [1.807, 2.05) is 24.3 Å². The summed E-state index contributed by atoms with van der Waals surface area (Å²) in [5.41, 5.74) is 0. The van der Waals surface area contributed by atoms with Gasteiger partial charge in [-0.25, -0.2) is 0 Å². The fourth-order valence-corrected chi connectivity index (χ4v) is 3.71. The number of aliphatic hydroxyl groups is 1. The van der Waals surface area contributed by atoms with Crippen LogP contribution in [0.3, 0.4) is 0 Å². The van der Waals surface area contributed by atoms with Gasteiger partial charge >= 0.3 is 5.97 Å². The lowest BCUT2D eigenvalue weighted by atomic mass is 10.1. The summed E-state index contributed by atoms with van der Waals surface area (Å²) in [5, 5.41) is 9.76. The minimum absolute atomic E-state index is 0.0804. The Morgan fingerprint density at radius 3 is 1.78 bits per heavy atom. The van der Waals surface area contributed by atoms with Crippen LogP contribution in [0.2, 0.25) is 0 Å². The predicted octanol–water partition coefficient (Wildman–Crippen LogP) is 9.51. The molecule has 0 aliphatic rings. The summed E-state index contributed by atoms with van der Waals surface area (Å²) < 4.78 is 4.66. The summed E-state index contributed by atoms with van der Waals surface area (Å²) in [6.45, 7) is 2.09. The molecule has 0 aliphatic carbocycles. The Bertz CT molecular complexity index is 652. The molecule has 1 unspecified atom stereocenters. The number of allylic oxidation sites excluding steroid dienone is 10. The molecule has 0 radical (unpaired) electrons. The molecule has 0 spiro atoms. The van der Waals surface area contributed by atoms with Crippen LogP contribution < -0.4 is 0 Å². The number of carbonyl (C=O) groups is 1. The van der Waals surface area contributed by atoms with Gasteiger partial charge in [0.15, 0.2) is 0 Å². The molecule has 3 heteroatoms. The van der Waals surface area contributed by atoms with Crippen molar-refractivity contribution in [1.29, 1.82) is 0 Å². The van der Waals surface area contributed by atoms with Crippen molar-refractivity contribution in [3.05, 3.63) is 72.9 Å². The zero-order valence-corrected chi connectivity index (χ0v) is 23.3. The molecular weight excluding hydrogens is 444 g/mol.